The molecule has 1 N–H and O–H groups in total. The van der Waals surface area contributed by atoms with Gasteiger partial charge in [0.2, 0.25) is 11.1 Å². The van der Waals surface area contributed by atoms with E-state index in [2.05, 4.69) is 9.84 Å². The molecule has 0 amide bonds. The molecular formula is C18H13F3N2O5S. The summed E-state index contributed by atoms with van der Waals surface area (Å²) in [5.74, 6) is -1.86. The number of carbonyl (C=O) groups is 1. The number of rotatable bonds is 5. The molecule has 3 aromatic rings. The van der Waals surface area contributed by atoms with Crippen molar-refractivity contribution in [1.82, 2.24) is 9.78 Å². The molecule has 152 valence electrons. The zero-order valence-electron chi connectivity index (χ0n) is 14.8. The highest BCUT2D eigenvalue weighted by atomic mass is 32.2. The van der Waals surface area contributed by atoms with Gasteiger partial charge in [-0.2, -0.15) is 5.10 Å². The van der Waals surface area contributed by atoms with E-state index in [0.29, 0.717) is 0 Å². The Morgan fingerprint density at radius 1 is 1.21 bits per heavy atom. The summed E-state index contributed by atoms with van der Waals surface area (Å²) in [6.45, 7) is 1.64. The van der Waals surface area contributed by atoms with Crippen LogP contribution in [0.3, 0.4) is 0 Å². The standard InChI is InChI=1S/C18H13F3N2O5S/c1-2-29(27)13-5-3-4-12-14(13)16(24)15(17(25)26)22-23(12)10-6-8-11(9-7-10)28-18(19,20)21/h3-9H,2H2,1H3,(H,25,26). The van der Waals surface area contributed by atoms with Gasteiger partial charge in [-0.25, -0.2) is 9.48 Å². The number of hydrogen-bond donors (Lipinski definition) is 1. The Kier molecular flexibility index (Phi) is 5.42. The summed E-state index contributed by atoms with van der Waals surface area (Å²) in [5.41, 5.74) is -1.33. The molecular weight excluding hydrogens is 413 g/mol. The fraction of sp³-hybridized carbons (Fsp3) is 0.167. The highest BCUT2D eigenvalue weighted by Crippen LogP contribution is 2.26. The minimum absolute atomic E-state index is 0.0734. The van der Waals surface area contributed by atoms with Gasteiger partial charge < -0.3 is 9.84 Å². The smallest absolute Gasteiger partial charge is 0.476 e. The molecule has 3 rings (SSSR count). The van der Waals surface area contributed by atoms with E-state index < -0.39 is 40.0 Å². The monoisotopic (exact) mass is 426 g/mol. The lowest BCUT2D eigenvalue weighted by Crippen LogP contribution is -2.23. The molecule has 0 saturated carbocycles. The van der Waals surface area contributed by atoms with Gasteiger partial charge in [-0.05, 0) is 36.4 Å². The van der Waals surface area contributed by atoms with Crippen molar-refractivity contribution in [1.29, 1.82) is 0 Å². The van der Waals surface area contributed by atoms with Crippen molar-refractivity contribution in [2.24, 2.45) is 0 Å². The van der Waals surface area contributed by atoms with Gasteiger partial charge in [0.05, 0.1) is 32.3 Å². The maximum Gasteiger partial charge on any atom is 0.573 e. The van der Waals surface area contributed by atoms with Crippen molar-refractivity contribution in [3.8, 4) is 11.4 Å². The molecule has 1 unspecified atom stereocenters. The molecule has 0 radical (unpaired) electrons. The average Bonchev–Trinajstić information content (AvgIpc) is 2.66. The summed E-state index contributed by atoms with van der Waals surface area (Å²) in [6, 6.07) is 8.99. The number of ether oxygens (including phenoxy) is 1. The zero-order chi connectivity index (χ0) is 21.3. The van der Waals surface area contributed by atoms with Crippen LogP contribution in [0.4, 0.5) is 13.2 Å². The van der Waals surface area contributed by atoms with E-state index in [4.69, 9.17) is 0 Å². The van der Waals surface area contributed by atoms with E-state index in [1.165, 1.54) is 30.3 Å². The predicted molar refractivity (Wildman–Crippen MR) is 97.9 cm³/mol. The summed E-state index contributed by atoms with van der Waals surface area (Å²) in [6.07, 6.45) is -4.86. The van der Waals surface area contributed by atoms with Crippen molar-refractivity contribution < 1.29 is 32.0 Å². The third kappa shape index (κ3) is 4.14. The molecule has 1 atom stereocenters. The van der Waals surface area contributed by atoms with Gasteiger partial charge in [0.15, 0.2) is 0 Å². The summed E-state index contributed by atoms with van der Waals surface area (Å²) < 4.78 is 54.3. The summed E-state index contributed by atoms with van der Waals surface area (Å²) in [4.78, 5) is 24.3. The maximum atomic E-state index is 12.7. The number of fused-ring (bicyclic) bond motifs is 1. The zero-order valence-corrected chi connectivity index (χ0v) is 15.6. The van der Waals surface area contributed by atoms with Crippen LogP contribution in [0.15, 0.2) is 52.2 Å². The van der Waals surface area contributed by atoms with E-state index in [9.17, 15) is 32.1 Å². The Balaban J connectivity index is 2.28. The molecule has 29 heavy (non-hydrogen) atoms. The summed E-state index contributed by atoms with van der Waals surface area (Å²) in [5, 5.41) is 13.1. The van der Waals surface area contributed by atoms with Crippen LogP contribution in [0.25, 0.3) is 16.6 Å². The number of aromatic nitrogens is 2. The topological polar surface area (TPSA) is 98.5 Å². The lowest BCUT2D eigenvalue weighted by molar-refractivity contribution is -0.274. The molecule has 0 fully saturated rings. The average molecular weight is 426 g/mol. The molecule has 0 aliphatic rings. The number of hydrogen-bond acceptors (Lipinski definition) is 5. The van der Waals surface area contributed by atoms with E-state index in [0.717, 1.165) is 16.8 Å². The van der Waals surface area contributed by atoms with Crippen LogP contribution >= 0.6 is 0 Å². The number of nitrogens with zero attached hydrogens (tertiary/aromatic N) is 2. The third-order valence-corrected chi connectivity index (χ3v) is 5.25. The Morgan fingerprint density at radius 3 is 2.41 bits per heavy atom. The van der Waals surface area contributed by atoms with E-state index in [-0.39, 0.29) is 27.2 Å². The highest BCUT2D eigenvalue weighted by Gasteiger charge is 2.31. The van der Waals surface area contributed by atoms with E-state index >= 15 is 0 Å². The lowest BCUT2D eigenvalue weighted by Gasteiger charge is -2.14. The number of carboxylic acids is 1. The molecule has 2 aromatic carbocycles. The molecule has 11 heteroatoms. The molecule has 1 heterocycles. The van der Waals surface area contributed by atoms with Gasteiger partial charge in [-0.1, -0.05) is 13.0 Å². The summed E-state index contributed by atoms with van der Waals surface area (Å²) >= 11 is 0. The predicted octanol–water partition coefficient (Wildman–Crippen LogP) is 3.11. The fourth-order valence-corrected chi connectivity index (χ4v) is 3.68. The number of halogens is 3. The number of aromatic carboxylic acids is 1. The van der Waals surface area contributed by atoms with Gasteiger partial charge in [0.25, 0.3) is 0 Å². The first-order valence-electron chi connectivity index (χ1n) is 8.16. The molecule has 0 aliphatic carbocycles. The SMILES string of the molecule is CCS(=O)c1cccc2c1c(=O)c(C(=O)O)nn2-c1ccc(OC(F)(F)F)cc1. The first-order chi connectivity index (χ1) is 13.6. The van der Waals surface area contributed by atoms with Crippen molar-refractivity contribution in [2.45, 2.75) is 18.2 Å². The van der Waals surface area contributed by atoms with Gasteiger partial charge >= 0.3 is 12.3 Å². The normalized spacial score (nSPS) is 12.7. The van der Waals surface area contributed by atoms with Gasteiger partial charge in [0, 0.05) is 5.75 Å². The molecule has 0 spiro atoms. The highest BCUT2D eigenvalue weighted by molar-refractivity contribution is 7.85. The second-order valence-electron chi connectivity index (χ2n) is 5.72. The fourth-order valence-electron chi connectivity index (χ4n) is 2.71. The number of carboxylic acid groups (broad SMARTS) is 1. The Hall–Kier alpha value is -3.21. The van der Waals surface area contributed by atoms with Gasteiger partial charge in [-0.15, -0.1) is 13.2 Å². The first kappa shape index (κ1) is 20.5. The van der Waals surface area contributed by atoms with Gasteiger partial charge in [-0.3, -0.25) is 9.00 Å². The number of alkyl halides is 3. The first-order valence-corrected chi connectivity index (χ1v) is 9.48. The molecule has 0 bridgehead atoms. The minimum atomic E-state index is -4.86. The second kappa shape index (κ2) is 7.66. The third-order valence-electron chi connectivity index (χ3n) is 3.90. The van der Waals surface area contributed by atoms with Crippen LogP contribution in [-0.4, -0.2) is 37.2 Å². The van der Waals surface area contributed by atoms with Gasteiger partial charge in [0.1, 0.15) is 5.75 Å². The molecule has 1 aromatic heterocycles. The Bertz CT molecular complexity index is 1170. The van der Waals surface area contributed by atoms with E-state index in [1.807, 2.05) is 0 Å². The Morgan fingerprint density at radius 2 is 1.86 bits per heavy atom. The van der Waals surface area contributed by atoms with Crippen molar-refractivity contribution >= 4 is 27.7 Å². The minimum Gasteiger partial charge on any atom is -0.476 e. The van der Waals surface area contributed by atoms with Crippen molar-refractivity contribution in [2.75, 3.05) is 5.75 Å². The summed E-state index contributed by atoms with van der Waals surface area (Å²) in [7, 11) is -1.56. The van der Waals surface area contributed by atoms with Crippen LogP contribution in [-0.2, 0) is 10.8 Å². The van der Waals surface area contributed by atoms with E-state index in [1.54, 1.807) is 6.92 Å². The van der Waals surface area contributed by atoms with Crippen molar-refractivity contribution in [3.63, 3.8) is 0 Å². The van der Waals surface area contributed by atoms with Crippen LogP contribution in [0, 0.1) is 0 Å². The quantitative estimate of drug-likeness (QED) is 0.673. The molecule has 7 nitrogen and oxygen atoms in total. The molecule has 0 aliphatic heterocycles. The van der Waals surface area contributed by atoms with Crippen LogP contribution in [0.2, 0.25) is 0 Å². The molecule has 0 saturated heterocycles. The van der Waals surface area contributed by atoms with Crippen molar-refractivity contribution in [3.05, 3.63) is 58.4 Å². The lowest BCUT2D eigenvalue weighted by atomic mass is 10.2. The van der Waals surface area contributed by atoms with Crippen LogP contribution in [0.1, 0.15) is 17.4 Å². The maximum absolute atomic E-state index is 12.7. The Labute approximate surface area is 163 Å². The number of benzene rings is 2. The second-order valence-corrected chi connectivity index (χ2v) is 7.43. The van der Waals surface area contributed by atoms with Crippen LogP contribution < -0.4 is 10.2 Å². The largest absolute Gasteiger partial charge is 0.573 e. The van der Waals surface area contributed by atoms with Crippen LogP contribution in [0.5, 0.6) is 5.75 Å².